The van der Waals surface area contributed by atoms with Gasteiger partial charge in [0.25, 0.3) is 0 Å². The van der Waals surface area contributed by atoms with Crippen LogP contribution in [0.2, 0.25) is 0 Å². The van der Waals surface area contributed by atoms with Gasteiger partial charge in [-0.3, -0.25) is 4.79 Å². The molecule has 2 rings (SSSR count). The highest BCUT2D eigenvalue weighted by Gasteiger charge is 2.04. The van der Waals surface area contributed by atoms with Gasteiger partial charge in [-0.05, 0) is 41.8 Å². The van der Waals surface area contributed by atoms with Crippen molar-refractivity contribution in [2.45, 2.75) is 12.8 Å². The minimum absolute atomic E-state index is 0.0445. The lowest BCUT2D eigenvalue weighted by molar-refractivity contribution is -0.119. The summed E-state index contributed by atoms with van der Waals surface area (Å²) < 4.78 is 5.11. The van der Waals surface area contributed by atoms with Crippen LogP contribution >= 0.6 is 0 Å². The van der Waals surface area contributed by atoms with Crippen LogP contribution in [0.15, 0.2) is 48.5 Å². The van der Waals surface area contributed by atoms with Crippen molar-refractivity contribution in [2.75, 3.05) is 26.0 Å². The van der Waals surface area contributed by atoms with E-state index < -0.39 is 0 Å². The molecule has 6 heteroatoms. The quantitative estimate of drug-likeness (QED) is 0.723. The summed E-state index contributed by atoms with van der Waals surface area (Å²) in [4.78, 5) is 23.2. The van der Waals surface area contributed by atoms with Crippen molar-refractivity contribution < 1.29 is 14.3 Å². The number of likely N-dealkylation sites (N-methyl/N-ethyl adjacent to an activating group) is 1. The summed E-state index contributed by atoms with van der Waals surface area (Å²) in [5.74, 6) is 0.770. The highest BCUT2D eigenvalue weighted by Crippen LogP contribution is 2.12. The van der Waals surface area contributed by atoms with Crippen LogP contribution in [0.25, 0.3) is 0 Å². The zero-order chi connectivity index (χ0) is 18.1. The van der Waals surface area contributed by atoms with Gasteiger partial charge in [0.15, 0.2) is 0 Å². The lowest BCUT2D eigenvalue weighted by atomic mass is 10.1. The number of rotatable bonds is 7. The van der Waals surface area contributed by atoms with Crippen LogP contribution in [0.1, 0.15) is 11.1 Å². The molecule has 0 fully saturated rings. The number of urea groups is 1. The fraction of sp³-hybridized carbons (Fsp3) is 0.263. The van der Waals surface area contributed by atoms with E-state index in [1.54, 1.807) is 26.3 Å². The first-order valence-corrected chi connectivity index (χ1v) is 8.08. The molecule has 2 aromatic carbocycles. The average Bonchev–Trinajstić information content (AvgIpc) is 2.64. The number of hydrogen-bond acceptors (Lipinski definition) is 3. The molecule has 3 N–H and O–H groups in total. The molecule has 0 aliphatic heterocycles. The molecule has 3 amide bonds. The molecule has 0 heterocycles. The molecule has 0 saturated heterocycles. The van der Waals surface area contributed by atoms with Crippen LogP contribution < -0.4 is 20.7 Å². The van der Waals surface area contributed by atoms with Crippen LogP contribution in [-0.4, -0.2) is 32.6 Å². The normalized spacial score (nSPS) is 10.0. The Balaban J connectivity index is 1.74. The topological polar surface area (TPSA) is 79.5 Å². The highest BCUT2D eigenvalue weighted by molar-refractivity contribution is 5.89. The van der Waals surface area contributed by atoms with Gasteiger partial charge in [0, 0.05) is 19.3 Å². The second-order valence-electron chi connectivity index (χ2n) is 5.53. The molecule has 132 valence electrons. The molecular weight excluding hydrogens is 318 g/mol. The molecule has 0 aliphatic rings. The van der Waals surface area contributed by atoms with Gasteiger partial charge < -0.3 is 20.7 Å². The van der Waals surface area contributed by atoms with E-state index in [0.29, 0.717) is 18.7 Å². The van der Waals surface area contributed by atoms with Gasteiger partial charge >= 0.3 is 6.03 Å². The second-order valence-corrected chi connectivity index (χ2v) is 5.53. The van der Waals surface area contributed by atoms with Crippen LogP contribution in [0.5, 0.6) is 5.75 Å². The number of benzene rings is 2. The first-order valence-electron chi connectivity index (χ1n) is 8.08. The Morgan fingerprint density at radius 1 is 0.960 bits per heavy atom. The van der Waals surface area contributed by atoms with Crippen molar-refractivity contribution in [3.8, 4) is 5.75 Å². The first-order chi connectivity index (χ1) is 12.1. The molecule has 25 heavy (non-hydrogen) atoms. The molecule has 0 saturated carbocycles. The molecule has 0 aromatic heterocycles. The van der Waals surface area contributed by atoms with Gasteiger partial charge in [0.05, 0.1) is 13.5 Å². The number of hydrogen-bond donors (Lipinski definition) is 3. The number of anilines is 1. The highest BCUT2D eigenvalue weighted by atomic mass is 16.5. The summed E-state index contributed by atoms with van der Waals surface area (Å²) in [5, 5.41) is 8.17. The Kier molecular flexibility index (Phi) is 6.83. The number of nitrogens with one attached hydrogen (secondary N) is 3. The van der Waals surface area contributed by atoms with E-state index in [2.05, 4.69) is 16.0 Å². The monoisotopic (exact) mass is 341 g/mol. The average molecular weight is 341 g/mol. The molecule has 0 atom stereocenters. The fourth-order valence-corrected chi connectivity index (χ4v) is 2.27. The van der Waals surface area contributed by atoms with Gasteiger partial charge in [0.2, 0.25) is 5.91 Å². The third kappa shape index (κ3) is 6.18. The summed E-state index contributed by atoms with van der Waals surface area (Å²) in [6, 6.07) is 14.7. The van der Waals surface area contributed by atoms with E-state index >= 15 is 0 Å². The SMILES string of the molecule is CNC(=O)Cc1ccc(NC(=O)NCCc2ccc(OC)cc2)cc1. The van der Waals surface area contributed by atoms with E-state index in [9.17, 15) is 9.59 Å². The third-order valence-electron chi connectivity index (χ3n) is 3.71. The number of methoxy groups -OCH3 is 1. The predicted octanol–water partition coefficient (Wildman–Crippen LogP) is 2.35. The van der Waals surface area contributed by atoms with E-state index in [0.717, 1.165) is 23.3 Å². The van der Waals surface area contributed by atoms with E-state index in [1.807, 2.05) is 36.4 Å². The van der Waals surface area contributed by atoms with Crippen molar-refractivity contribution in [2.24, 2.45) is 0 Å². The third-order valence-corrected chi connectivity index (χ3v) is 3.71. The molecule has 0 spiro atoms. The Morgan fingerprint density at radius 3 is 2.20 bits per heavy atom. The van der Waals surface area contributed by atoms with E-state index in [1.165, 1.54) is 0 Å². The molecule has 0 radical (unpaired) electrons. The van der Waals surface area contributed by atoms with Gasteiger partial charge in [0.1, 0.15) is 5.75 Å². The van der Waals surface area contributed by atoms with Crippen molar-refractivity contribution in [1.29, 1.82) is 0 Å². The summed E-state index contributed by atoms with van der Waals surface area (Å²) in [7, 11) is 3.24. The molecule has 0 bridgehead atoms. The van der Waals surface area contributed by atoms with Crippen molar-refractivity contribution >= 4 is 17.6 Å². The van der Waals surface area contributed by atoms with Gasteiger partial charge in [-0.2, -0.15) is 0 Å². The van der Waals surface area contributed by atoms with Gasteiger partial charge in [-0.15, -0.1) is 0 Å². The van der Waals surface area contributed by atoms with Crippen molar-refractivity contribution in [3.05, 3.63) is 59.7 Å². The molecule has 0 aliphatic carbocycles. The lowest BCUT2D eigenvalue weighted by Gasteiger charge is -2.09. The second kappa shape index (κ2) is 9.32. The molecule has 0 unspecified atom stereocenters. The Bertz CT molecular complexity index is 697. The molecular formula is C19H23N3O3. The number of carbonyl (C=O) groups excluding carboxylic acids is 2. The largest absolute Gasteiger partial charge is 0.497 e. The predicted molar refractivity (Wildman–Crippen MR) is 97.9 cm³/mol. The Labute approximate surface area is 147 Å². The zero-order valence-corrected chi connectivity index (χ0v) is 14.5. The van der Waals surface area contributed by atoms with Gasteiger partial charge in [-0.1, -0.05) is 24.3 Å². The summed E-state index contributed by atoms with van der Waals surface area (Å²) in [5.41, 5.74) is 2.70. The smallest absolute Gasteiger partial charge is 0.319 e. The first kappa shape index (κ1) is 18.3. The number of ether oxygens (including phenoxy) is 1. The zero-order valence-electron chi connectivity index (χ0n) is 14.5. The summed E-state index contributed by atoms with van der Waals surface area (Å²) in [6.45, 7) is 0.535. The van der Waals surface area contributed by atoms with Crippen molar-refractivity contribution in [3.63, 3.8) is 0 Å². The van der Waals surface area contributed by atoms with Crippen LogP contribution in [0, 0.1) is 0 Å². The van der Waals surface area contributed by atoms with E-state index in [4.69, 9.17) is 4.74 Å². The summed E-state index contributed by atoms with van der Waals surface area (Å²) >= 11 is 0. The lowest BCUT2D eigenvalue weighted by Crippen LogP contribution is -2.30. The van der Waals surface area contributed by atoms with Gasteiger partial charge in [-0.25, -0.2) is 4.79 Å². The maximum absolute atomic E-state index is 11.9. The van der Waals surface area contributed by atoms with Crippen LogP contribution in [-0.2, 0) is 17.6 Å². The summed E-state index contributed by atoms with van der Waals surface area (Å²) in [6.07, 6.45) is 1.06. The fourth-order valence-electron chi connectivity index (χ4n) is 2.27. The standard InChI is InChI=1S/C19H23N3O3/c1-20-18(23)13-15-3-7-16(8-4-15)22-19(24)21-12-11-14-5-9-17(25-2)10-6-14/h3-10H,11-13H2,1-2H3,(H,20,23)(H2,21,22,24). The number of carbonyl (C=O) groups is 2. The maximum Gasteiger partial charge on any atom is 0.319 e. The number of amides is 3. The Hall–Kier alpha value is -3.02. The molecule has 2 aromatic rings. The maximum atomic E-state index is 11.9. The van der Waals surface area contributed by atoms with E-state index in [-0.39, 0.29) is 11.9 Å². The molecule has 6 nitrogen and oxygen atoms in total. The van der Waals surface area contributed by atoms with Crippen LogP contribution in [0.3, 0.4) is 0 Å². The minimum atomic E-state index is -0.257. The van der Waals surface area contributed by atoms with Crippen molar-refractivity contribution in [1.82, 2.24) is 10.6 Å². The Morgan fingerprint density at radius 2 is 1.60 bits per heavy atom. The minimum Gasteiger partial charge on any atom is -0.497 e. The van der Waals surface area contributed by atoms with Crippen LogP contribution in [0.4, 0.5) is 10.5 Å².